The molecule has 0 aromatic rings. The van der Waals surface area contributed by atoms with Crippen LogP contribution in [0.3, 0.4) is 0 Å². The Morgan fingerprint density at radius 1 is 0.622 bits per heavy atom. The van der Waals surface area contributed by atoms with Crippen molar-refractivity contribution in [3.8, 4) is 0 Å². The average molecular weight is 652 g/mol. The maximum Gasteiger partial charge on any atom is 0.267 e. The van der Waals surface area contributed by atoms with E-state index in [2.05, 4.69) is 55.6 Å². The summed E-state index contributed by atoms with van der Waals surface area (Å²) in [6, 6.07) is -1.06. The van der Waals surface area contributed by atoms with Crippen molar-refractivity contribution in [2.75, 3.05) is 5.75 Å². The minimum atomic E-state index is -4.34. The number of allylic oxidation sites excluding steroid dienone is 7. The SMILES string of the molecule is CC/C=C\C/C=C\C/C=C\CCCCCCCCCC(=O)NC(CS(=O)(=O)O)C(O)/C=C/CCCCCCCCCCCCC. The number of carbonyl (C=O) groups is 1. The molecule has 2 unspecified atom stereocenters. The van der Waals surface area contributed by atoms with Crippen LogP contribution >= 0.6 is 0 Å². The second-order valence-corrected chi connectivity index (χ2v) is 14.0. The normalized spacial score (nSPS) is 14.0. The third kappa shape index (κ3) is 33.5. The highest BCUT2D eigenvalue weighted by molar-refractivity contribution is 7.85. The van der Waals surface area contributed by atoms with Crippen LogP contribution in [-0.2, 0) is 14.9 Å². The maximum atomic E-state index is 12.5. The van der Waals surface area contributed by atoms with Gasteiger partial charge < -0.3 is 10.4 Å². The number of rotatable bonds is 32. The highest BCUT2D eigenvalue weighted by Crippen LogP contribution is 2.13. The van der Waals surface area contributed by atoms with Gasteiger partial charge in [0.1, 0.15) is 0 Å². The molecule has 0 aromatic carbocycles. The van der Waals surface area contributed by atoms with E-state index in [-0.39, 0.29) is 12.3 Å². The fourth-order valence-corrected chi connectivity index (χ4v) is 6.02. The van der Waals surface area contributed by atoms with Gasteiger partial charge in [-0.1, -0.05) is 159 Å². The lowest BCUT2D eigenvalue weighted by molar-refractivity contribution is -0.122. The molecule has 0 heterocycles. The molecule has 0 aliphatic carbocycles. The quantitative estimate of drug-likeness (QED) is 0.0381. The van der Waals surface area contributed by atoms with Crippen molar-refractivity contribution in [1.82, 2.24) is 5.32 Å². The van der Waals surface area contributed by atoms with Gasteiger partial charge in [0.25, 0.3) is 10.1 Å². The smallest absolute Gasteiger partial charge is 0.267 e. The summed E-state index contributed by atoms with van der Waals surface area (Å²) in [6.45, 7) is 4.39. The van der Waals surface area contributed by atoms with Crippen molar-refractivity contribution in [2.24, 2.45) is 0 Å². The molecule has 3 N–H and O–H groups in total. The van der Waals surface area contributed by atoms with Gasteiger partial charge in [0.2, 0.25) is 5.91 Å². The number of carbonyl (C=O) groups excluding carboxylic acids is 1. The lowest BCUT2D eigenvalue weighted by Gasteiger charge is -2.21. The second kappa shape index (κ2) is 32.2. The highest BCUT2D eigenvalue weighted by atomic mass is 32.2. The van der Waals surface area contributed by atoms with Crippen molar-refractivity contribution >= 4 is 16.0 Å². The van der Waals surface area contributed by atoms with Gasteiger partial charge in [-0.05, 0) is 51.4 Å². The van der Waals surface area contributed by atoms with Crippen molar-refractivity contribution in [3.63, 3.8) is 0 Å². The second-order valence-electron chi connectivity index (χ2n) is 12.5. The molecular weight excluding hydrogens is 582 g/mol. The number of amides is 1. The number of hydrogen-bond acceptors (Lipinski definition) is 4. The van der Waals surface area contributed by atoms with Gasteiger partial charge in [-0.2, -0.15) is 8.42 Å². The van der Waals surface area contributed by atoms with Crippen LogP contribution in [0.1, 0.15) is 168 Å². The lowest BCUT2D eigenvalue weighted by Crippen LogP contribution is -2.46. The summed E-state index contributed by atoms with van der Waals surface area (Å²) < 4.78 is 32.3. The van der Waals surface area contributed by atoms with Gasteiger partial charge in [0.15, 0.2) is 0 Å². The molecule has 0 saturated heterocycles. The summed E-state index contributed by atoms with van der Waals surface area (Å²) in [5.74, 6) is -0.994. The molecule has 6 nitrogen and oxygen atoms in total. The summed E-state index contributed by atoms with van der Waals surface area (Å²) >= 11 is 0. The number of hydrogen-bond donors (Lipinski definition) is 3. The van der Waals surface area contributed by atoms with Crippen molar-refractivity contribution < 1.29 is 22.9 Å². The van der Waals surface area contributed by atoms with E-state index in [0.29, 0.717) is 0 Å². The third-order valence-electron chi connectivity index (χ3n) is 8.01. The van der Waals surface area contributed by atoms with Crippen LogP contribution in [-0.4, -0.2) is 41.9 Å². The van der Waals surface area contributed by atoms with Crippen molar-refractivity contribution in [3.05, 3.63) is 48.6 Å². The van der Waals surface area contributed by atoms with Crippen LogP contribution in [0, 0.1) is 0 Å². The van der Waals surface area contributed by atoms with Crippen LogP contribution in [0.5, 0.6) is 0 Å². The summed E-state index contributed by atoms with van der Waals surface area (Å²) in [5, 5.41) is 13.2. The average Bonchev–Trinajstić information content (AvgIpc) is 3.00. The van der Waals surface area contributed by atoms with E-state index in [1.165, 1.54) is 77.0 Å². The largest absolute Gasteiger partial charge is 0.387 e. The van der Waals surface area contributed by atoms with E-state index >= 15 is 0 Å². The Bertz CT molecular complexity index is 894. The molecule has 0 radical (unpaired) electrons. The summed E-state index contributed by atoms with van der Waals surface area (Å²) in [4.78, 5) is 12.5. The number of aliphatic hydroxyl groups excluding tert-OH is 1. The third-order valence-corrected chi connectivity index (χ3v) is 8.79. The standard InChI is InChI=1S/C38H69NO5S/c1-3-5-7-9-11-13-15-17-18-19-20-22-24-26-28-30-32-34-38(41)39-36(35-45(42,43)44)37(40)33-31-29-27-25-23-21-16-14-12-10-8-6-4-2/h5,7,11,13,17-18,31,33,36-37,40H,3-4,6,8-10,12,14-16,19-30,32,34-35H2,1-2H3,(H,39,41)(H,42,43,44)/b7-5-,13-11-,18-17-,33-31+. The molecule has 0 aliphatic rings. The molecular formula is C38H69NO5S. The molecule has 0 bridgehead atoms. The molecule has 7 heteroatoms. The predicted octanol–water partition coefficient (Wildman–Crippen LogP) is 10.3. The summed E-state index contributed by atoms with van der Waals surface area (Å²) in [5.41, 5.74) is 0. The molecule has 0 rings (SSSR count). The molecule has 45 heavy (non-hydrogen) atoms. The highest BCUT2D eigenvalue weighted by Gasteiger charge is 2.24. The molecule has 2 atom stereocenters. The molecule has 0 spiro atoms. The molecule has 0 saturated carbocycles. The van der Waals surface area contributed by atoms with Crippen LogP contribution in [0.4, 0.5) is 0 Å². The fourth-order valence-electron chi connectivity index (χ4n) is 5.29. The molecule has 262 valence electrons. The van der Waals surface area contributed by atoms with Gasteiger partial charge in [-0.15, -0.1) is 0 Å². The first-order chi connectivity index (χ1) is 21.8. The van der Waals surface area contributed by atoms with Crippen molar-refractivity contribution in [1.29, 1.82) is 0 Å². The Balaban J connectivity index is 4.00. The zero-order valence-corrected chi connectivity index (χ0v) is 29.8. The maximum absolute atomic E-state index is 12.5. The van der Waals surface area contributed by atoms with E-state index in [0.717, 1.165) is 70.6 Å². The Kier molecular flexibility index (Phi) is 31.0. The molecule has 1 amide bonds. The van der Waals surface area contributed by atoms with Crippen molar-refractivity contribution in [2.45, 2.75) is 180 Å². The first-order valence-electron chi connectivity index (χ1n) is 18.3. The number of unbranched alkanes of at least 4 members (excludes halogenated alkanes) is 18. The van der Waals surface area contributed by atoms with Gasteiger partial charge in [0.05, 0.1) is 17.9 Å². The predicted molar refractivity (Wildman–Crippen MR) is 193 cm³/mol. The molecule has 0 aromatic heterocycles. The summed E-state index contributed by atoms with van der Waals surface area (Å²) in [6.07, 6.45) is 42.3. The minimum Gasteiger partial charge on any atom is -0.387 e. The first-order valence-corrected chi connectivity index (χ1v) is 19.9. The zero-order chi connectivity index (χ0) is 33.3. The van der Waals surface area contributed by atoms with Gasteiger partial charge in [-0.25, -0.2) is 0 Å². The Morgan fingerprint density at radius 2 is 1.07 bits per heavy atom. The Labute approximate surface area is 278 Å². The number of nitrogens with one attached hydrogen (secondary N) is 1. The monoisotopic (exact) mass is 651 g/mol. The first kappa shape index (κ1) is 43.3. The molecule has 0 aliphatic heterocycles. The Morgan fingerprint density at radius 3 is 1.58 bits per heavy atom. The van der Waals surface area contributed by atoms with E-state index in [1.807, 2.05) is 6.08 Å². The summed E-state index contributed by atoms with van der Waals surface area (Å²) in [7, 11) is -4.34. The van der Waals surface area contributed by atoms with E-state index < -0.39 is 28.0 Å². The zero-order valence-electron chi connectivity index (χ0n) is 29.0. The fraction of sp³-hybridized carbons (Fsp3) is 0.763. The van der Waals surface area contributed by atoms with Gasteiger partial charge in [-0.3, -0.25) is 9.35 Å². The topological polar surface area (TPSA) is 104 Å². The van der Waals surface area contributed by atoms with E-state index in [9.17, 15) is 22.9 Å². The van der Waals surface area contributed by atoms with E-state index in [4.69, 9.17) is 0 Å². The lowest BCUT2D eigenvalue weighted by atomic mass is 10.0. The number of aliphatic hydroxyl groups is 1. The van der Waals surface area contributed by atoms with Crippen LogP contribution < -0.4 is 5.32 Å². The van der Waals surface area contributed by atoms with E-state index in [1.54, 1.807) is 6.08 Å². The molecule has 0 fully saturated rings. The van der Waals surface area contributed by atoms with Crippen LogP contribution in [0.15, 0.2) is 48.6 Å². The minimum absolute atomic E-state index is 0.283. The van der Waals surface area contributed by atoms with Gasteiger partial charge in [0, 0.05) is 6.42 Å². The van der Waals surface area contributed by atoms with Gasteiger partial charge >= 0.3 is 0 Å². The van der Waals surface area contributed by atoms with Crippen LogP contribution in [0.2, 0.25) is 0 Å². The van der Waals surface area contributed by atoms with Crippen LogP contribution in [0.25, 0.3) is 0 Å². The Hall–Kier alpha value is -1.70.